The largest absolute Gasteiger partial charge is 0.478 e. The van der Waals surface area contributed by atoms with Gasteiger partial charge in [-0.15, -0.1) is 0 Å². The lowest BCUT2D eigenvalue weighted by Gasteiger charge is -2.08. The average molecular weight is 374 g/mol. The van der Waals surface area contributed by atoms with E-state index in [-0.39, 0.29) is 5.56 Å². The van der Waals surface area contributed by atoms with Crippen LogP contribution in [0.25, 0.3) is 0 Å². The van der Waals surface area contributed by atoms with Gasteiger partial charge in [-0.25, -0.2) is 4.79 Å². The van der Waals surface area contributed by atoms with Crippen molar-refractivity contribution in [1.29, 1.82) is 0 Å². The van der Waals surface area contributed by atoms with Crippen LogP contribution in [0.15, 0.2) is 18.2 Å². The zero-order chi connectivity index (χ0) is 13.3. The van der Waals surface area contributed by atoms with Gasteiger partial charge in [0.25, 0.3) is 0 Å². The van der Waals surface area contributed by atoms with Gasteiger partial charge in [0.2, 0.25) is 0 Å². The van der Waals surface area contributed by atoms with E-state index in [0.29, 0.717) is 10.7 Å². The lowest BCUT2D eigenvalue weighted by atomic mass is 10.2. The molecule has 2 rings (SSSR count). The number of benzene rings is 1. The third-order valence-corrected chi connectivity index (χ3v) is 4.05. The summed E-state index contributed by atoms with van der Waals surface area (Å²) in [4.78, 5) is 11.2. The van der Waals surface area contributed by atoms with Crippen LogP contribution in [-0.4, -0.2) is 15.4 Å². The quantitative estimate of drug-likeness (QED) is 0.803. The zero-order valence-electron chi connectivity index (χ0n) is 9.82. The molecule has 0 aliphatic carbocycles. The number of carboxylic acids is 1. The maximum Gasteiger partial charge on any atom is 0.340 e. The highest BCUT2D eigenvalue weighted by Gasteiger charge is 2.17. The Hall–Kier alpha value is -1.15. The van der Waals surface area contributed by atoms with Gasteiger partial charge in [-0.05, 0) is 65.7 Å². The molecule has 0 radical (unpaired) electrons. The minimum Gasteiger partial charge on any atom is -0.478 e. The molecule has 1 aromatic heterocycles. The van der Waals surface area contributed by atoms with Crippen LogP contribution in [0.2, 0.25) is 0 Å². The van der Waals surface area contributed by atoms with E-state index >= 15 is 0 Å². The van der Waals surface area contributed by atoms with Gasteiger partial charge in [0, 0.05) is 9.26 Å². The summed E-state index contributed by atoms with van der Waals surface area (Å²) >= 11 is 3.39. The first kappa shape index (κ1) is 13.3. The summed E-state index contributed by atoms with van der Waals surface area (Å²) in [5, 5.41) is 12.9. The Morgan fingerprint density at radius 1 is 1.44 bits per heavy atom. The molecule has 0 saturated carbocycles. The topological polar surface area (TPSA) is 62.2 Å². The van der Waals surface area contributed by atoms with Crippen molar-refractivity contribution >= 4 is 50.8 Å². The number of nitrogens with zero attached hydrogens (tertiary/aromatic N) is 1. The number of hydrogen-bond acceptors (Lipinski definition) is 4. The fourth-order valence-corrected chi connectivity index (χ4v) is 2.85. The first-order valence-corrected chi connectivity index (χ1v) is 7.07. The van der Waals surface area contributed by atoms with Crippen LogP contribution in [0.1, 0.15) is 21.6 Å². The predicted molar refractivity (Wildman–Crippen MR) is 81.0 cm³/mol. The number of nitrogens with one attached hydrogen (secondary N) is 1. The molecule has 2 N–H and O–H groups in total. The highest BCUT2D eigenvalue weighted by atomic mass is 127. The van der Waals surface area contributed by atoms with E-state index in [2.05, 4.69) is 32.3 Å². The van der Waals surface area contributed by atoms with Crippen molar-refractivity contribution in [2.24, 2.45) is 0 Å². The van der Waals surface area contributed by atoms with Crippen molar-refractivity contribution in [1.82, 2.24) is 4.37 Å². The van der Waals surface area contributed by atoms with Crippen molar-refractivity contribution < 1.29 is 9.90 Å². The Morgan fingerprint density at radius 2 is 2.17 bits per heavy atom. The number of halogens is 1. The van der Waals surface area contributed by atoms with Crippen LogP contribution in [-0.2, 0) is 0 Å². The van der Waals surface area contributed by atoms with Crippen LogP contribution in [0.5, 0.6) is 0 Å². The van der Waals surface area contributed by atoms with Gasteiger partial charge in [-0.2, -0.15) is 4.37 Å². The summed E-state index contributed by atoms with van der Waals surface area (Å²) in [5.74, 6) is -0.952. The van der Waals surface area contributed by atoms with Crippen LogP contribution < -0.4 is 5.32 Å². The summed E-state index contributed by atoms with van der Waals surface area (Å²) in [6.45, 7) is 3.68. The number of aromatic nitrogens is 1. The molecule has 0 spiro atoms. The first-order chi connectivity index (χ1) is 8.49. The molecule has 4 nitrogen and oxygen atoms in total. The SMILES string of the molecule is Cc1ccc(I)cc1Nc1snc(C)c1C(=O)O. The predicted octanol–water partition coefficient (Wildman–Crippen LogP) is 3.81. The Morgan fingerprint density at radius 3 is 2.83 bits per heavy atom. The van der Waals surface area contributed by atoms with Crippen molar-refractivity contribution in [2.75, 3.05) is 5.32 Å². The van der Waals surface area contributed by atoms with Gasteiger partial charge < -0.3 is 10.4 Å². The zero-order valence-corrected chi connectivity index (χ0v) is 12.8. The molecule has 1 aromatic carbocycles. The van der Waals surface area contributed by atoms with Crippen molar-refractivity contribution in [3.05, 3.63) is 38.6 Å². The number of carboxylic acid groups (broad SMARTS) is 1. The average Bonchev–Trinajstić information content (AvgIpc) is 2.65. The summed E-state index contributed by atoms with van der Waals surface area (Å²) < 4.78 is 5.18. The Bertz CT molecular complexity index is 610. The van der Waals surface area contributed by atoms with Crippen LogP contribution in [0.3, 0.4) is 0 Å². The highest BCUT2D eigenvalue weighted by Crippen LogP contribution is 2.30. The van der Waals surface area contributed by atoms with E-state index < -0.39 is 5.97 Å². The number of rotatable bonds is 3. The molecule has 0 bridgehead atoms. The van der Waals surface area contributed by atoms with E-state index in [9.17, 15) is 4.79 Å². The Balaban J connectivity index is 2.40. The molecule has 6 heteroatoms. The normalized spacial score (nSPS) is 10.4. The summed E-state index contributed by atoms with van der Waals surface area (Å²) in [5.41, 5.74) is 2.77. The summed E-state index contributed by atoms with van der Waals surface area (Å²) in [6, 6.07) is 5.99. The Kier molecular flexibility index (Phi) is 3.86. The van der Waals surface area contributed by atoms with Crippen molar-refractivity contribution in [2.45, 2.75) is 13.8 Å². The minimum atomic E-state index is -0.952. The number of anilines is 2. The van der Waals surface area contributed by atoms with E-state index in [1.165, 1.54) is 11.5 Å². The lowest BCUT2D eigenvalue weighted by Crippen LogP contribution is -2.02. The van der Waals surface area contributed by atoms with Crippen molar-refractivity contribution in [3.8, 4) is 0 Å². The lowest BCUT2D eigenvalue weighted by molar-refractivity contribution is 0.0697. The second kappa shape index (κ2) is 5.23. The van der Waals surface area contributed by atoms with Gasteiger partial charge in [-0.3, -0.25) is 0 Å². The third-order valence-electron chi connectivity index (χ3n) is 2.52. The minimum absolute atomic E-state index is 0.248. The fourth-order valence-electron chi connectivity index (χ4n) is 1.56. The van der Waals surface area contributed by atoms with Gasteiger partial charge in [0.15, 0.2) is 0 Å². The van der Waals surface area contributed by atoms with E-state index in [1.54, 1.807) is 6.92 Å². The maximum absolute atomic E-state index is 11.2. The van der Waals surface area contributed by atoms with E-state index in [0.717, 1.165) is 14.8 Å². The molecule has 0 saturated heterocycles. The molecule has 0 atom stereocenters. The van der Waals surface area contributed by atoms with Gasteiger partial charge in [0.1, 0.15) is 10.6 Å². The molecular weight excluding hydrogens is 363 g/mol. The summed E-state index contributed by atoms with van der Waals surface area (Å²) in [7, 11) is 0. The number of carbonyl (C=O) groups is 1. The second-order valence-corrected chi connectivity index (χ2v) is 5.88. The standard InChI is InChI=1S/C12H11IN2O2S/c1-6-3-4-8(13)5-9(6)14-11-10(12(16)17)7(2)15-18-11/h3-5,14H,1-2H3,(H,16,17). The van der Waals surface area contributed by atoms with Gasteiger partial charge in [-0.1, -0.05) is 6.07 Å². The monoisotopic (exact) mass is 374 g/mol. The third kappa shape index (κ3) is 2.64. The van der Waals surface area contributed by atoms with Gasteiger partial charge in [0.05, 0.1) is 5.69 Å². The fraction of sp³-hybridized carbons (Fsp3) is 0.167. The molecule has 0 aliphatic heterocycles. The molecule has 2 aromatic rings. The smallest absolute Gasteiger partial charge is 0.340 e. The molecule has 0 aliphatic rings. The second-order valence-electron chi connectivity index (χ2n) is 3.86. The van der Waals surface area contributed by atoms with Crippen LogP contribution >= 0.6 is 34.1 Å². The first-order valence-electron chi connectivity index (χ1n) is 5.22. The molecule has 0 fully saturated rings. The van der Waals surface area contributed by atoms with E-state index in [4.69, 9.17) is 5.11 Å². The number of hydrogen-bond donors (Lipinski definition) is 2. The van der Waals surface area contributed by atoms with Gasteiger partial charge >= 0.3 is 5.97 Å². The maximum atomic E-state index is 11.2. The highest BCUT2D eigenvalue weighted by molar-refractivity contribution is 14.1. The van der Waals surface area contributed by atoms with Crippen LogP contribution in [0, 0.1) is 17.4 Å². The molecule has 94 valence electrons. The number of aromatic carboxylic acids is 1. The molecule has 1 heterocycles. The molecule has 0 amide bonds. The Labute approximate surface area is 122 Å². The molecule has 0 unspecified atom stereocenters. The summed E-state index contributed by atoms with van der Waals surface area (Å²) in [6.07, 6.45) is 0. The van der Waals surface area contributed by atoms with Crippen LogP contribution in [0.4, 0.5) is 10.7 Å². The molecular formula is C12H11IN2O2S. The number of aryl methyl sites for hydroxylation is 2. The molecule has 18 heavy (non-hydrogen) atoms. The van der Waals surface area contributed by atoms with Crippen molar-refractivity contribution in [3.63, 3.8) is 0 Å². The van der Waals surface area contributed by atoms with E-state index in [1.807, 2.05) is 25.1 Å².